The molecule has 3 aromatic rings. The third kappa shape index (κ3) is 5.17. The van der Waals surface area contributed by atoms with Crippen molar-refractivity contribution >= 4 is 23.1 Å². The predicted molar refractivity (Wildman–Crippen MR) is 150 cm³/mol. The SMILES string of the molecule is COc1ccc(/C(O)=C2\C(=O)C(=O)N(c3cc(C)cc(C)c3)C2c2cccc(OC(C)C)c2)cc1C(C)C. The molecule has 1 saturated heterocycles. The number of rotatable bonds is 7. The van der Waals surface area contributed by atoms with Gasteiger partial charge in [0.2, 0.25) is 0 Å². The molecule has 198 valence electrons. The van der Waals surface area contributed by atoms with Crippen molar-refractivity contribution in [1.29, 1.82) is 0 Å². The highest BCUT2D eigenvalue weighted by molar-refractivity contribution is 6.51. The van der Waals surface area contributed by atoms with Crippen molar-refractivity contribution in [3.05, 3.63) is 94.1 Å². The van der Waals surface area contributed by atoms with Gasteiger partial charge in [0.05, 0.1) is 24.8 Å². The second-order valence-electron chi connectivity index (χ2n) is 10.4. The Kier molecular flexibility index (Phi) is 7.63. The van der Waals surface area contributed by atoms with E-state index >= 15 is 0 Å². The molecule has 0 saturated carbocycles. The van der Waals surface area contributed by atoms with Crippen molar-refractivity contribution in [2.75, 3.05) is 12.0 Å². The first-order chi connectivity index (χ1) is 18.0. The zero-order valence-electron chi connectivity index (χ0n) is 23.0. The quantitative estimate of drug-likeness (QED) is 0.212. The van der Waals surface area contributed by atoms with Gasteiger partial charge in [0.25, 0.3) is 11.7 Å². The lowest BCUT2D eigenvalue weighted by Gasteiger charge is -2.26. The van der Waals surface area contributed by atoms with Gasteiger partial charge in [0.1, 0.15) is 17.3 Å². The molecular formula is C32H35NO5. The van der Waals surface area contributed by atoms with Gasteiger partial charge in [-0.1, -0.05) is 32.0 Å². The number of benzene rings is 3. The third-order valence-electron chi connectivity index (χ3n) is 6.60. The summed E-state index contributed by atoms with van der Waals surface area (Å²) in [5.41, 5.74) is 4.58. The molecule has 1 aliphatic heterocycles. The molecule has 0 bridgehead atoms. The van der Waals surface area contributed by atoms with Crippen LogP contribution in [0.2, 0.25) is 0 Å². The molecule has 0 aliphatic carbocycles. The molecule has 1 fully saturated rings. The molecule has 0 spiro atoms. The van der Waals surface area contributed by atoms with Crippen LogP contribution in [0.5, 0.6) is 11.5 Å². The number of ether oxygens (including phenoxy) is 2. The fourth-order valence-electron chi connectivity index (χ4n) is 5.02. The van der Waals surface area contributed by atoms with E-state index in [0.717, 1.165) is 16.7 Å². The number of ketones is 1. The highest BCUT2D eigenvalue weighted by Gasteiger charge is 2.47. The zero-order valence-corrected chi connectivity index (χ0v) is 23.0. The number of carbonyl (C=O) groups is 2. The summed E-state index contributed by atoms with van der Waals surface area (Å²) >= 11 is 0. The molecule has 0 aromatic heterocycles. The maximum Gasteiger partial charge on any atom is 0.300 e. The van der Waals surface area contributed by atoms with Gasteiger partial charge in [0, 0.05) is 11.3 Å². The first-order valence-corrected chi connectivity index (χ1v) is 12.9. The van der Waals surface area contributed by atoms with Gasteiger partial charge in [-0.2, -0.15) is 0 Å². The molecule has 1 amide bonds. The smallest absolute Gasteiger partial charge is 0.300 e. The van der Waals surface area contributed by atoms with Gasteiger partial charge >= 0.3 is 0 Å². The number of amides is 1. The van der Waals surface area contributed by atoms with Crippen molar-refractivity contribution in [3.8, 4) is 11.5 Å². The Labute approximate surface area is 224 Å². The summed E-state index contributed by atoms with van der Waals surface area (Å²) in [4.78, 5) is 28.7. The number of carbonyl (C=O) groups excluding carboxylic acids is 2. The Balaban J connectivity index is 1.97. The normalized spacial score (nSPS) is 17.0. The summed E-state index contributed by atoms with van der Waals surface area (Å²) in [5, 5.41) is 11.6. The minimum Gasteiger partial charge on any atom is -0.507 e. The van der Waals surface area contributed by atoms with Gasteiger partial charge in [-0.25, -0.2) is 0 Å². The van der Waals surface area contributed by atoms with Gasteiger partial charge in [0.15, 0.2) is 0 Å². The van der Waals surface area contributed by atoms with E-state index in [-0.39, 0.29) is 23.4 Å². The molecule has 1 aliphatic rings. The number of hydrogen-bond acceptors (Lipinski definition) is 5. The number of anilines is 1. The fourth-order valence-corrected chi connectivity index (χ4v) is 5.02. The molecule has 3 aromatic carbocycles. The largest absolute Gasteiger partial charge is 0.507 e. The maximum absolute atomic E-state index is 13.6. The molecule has 1 N–H and O–H groups in total. The summed E-state index contributed by atoms with van der Waals surface area (Å²) in [6.45, 7) is 11.8. The lowest BCUT2D eigenvalue weighted by Crippen LogP contribution is -2.29. The number of hydrogen-bond donors (Lipinski definition) is 1. The molecule has 38 heavy (non-hydrogen) atoms. The van der Waals surface area contributed by atoms with Gasteiger partial charge in [-0.3, -0.25) is 14.5 Å². The number of aliphatic hydroxyl groups excluding tert-OH is 1. The van der Waals surface area contributed by atoms with E-state index in [9.17, 15) is 14.7 Å². The molecule has 0 radical (unpaired) electrons. The second kappa shape index (κ2) is 10.7. The lowest BCUT2D eigenvalue weighted by atomic mass is 9.93. The molecule has 1 atom stereocenters. The standard InChI is InChI=1S/C32H35NO5/c1-18(2)26-17-23(11-12-27(26)37-7)30(34)28-29(22-9-8-10-25(16-22)38-19(3)4)33(32(36)31(28)35)24-14-20(5)13-21(6)15-24/h8-19,29,34H,1-7H3/b30-28+. The number of aliphatic hydroxyl groups is 1. The van der Waals surface area contributed by atoms with E-state index in [4.69, 9.17) is 9.47 Å². The topological polar surface area (TPSA) is 76.1 Å². The Morgan fingerprint density at radius 1 is 0.921 bits per heavy atom. The van der Waals surface area contributed by atoms with E-state index in [2.05, 4.69) is 0 Å². The summed E-state index contributed by atoms with van der Waals surface area (Å²) in [6, 6.07) is 17.6. The summed E-state index contributed by atoms with van der Waals surface area (Å²) in [5.74, 6) is -0.202. The van der Waals surface area contributed by atoms with E-state index in [0.29, 0.717) is 28.3 Å². The van der Waals surface area contributed by atoms with Crippen LogP contribution in [0.4, 0.5) is 5.69 Å². The van der Waals surface area contributed by atoms with E-state index in [1.807, 2.05) is 90.1 Å². The Bertz CT molecular complexity index is 1400. The maximum atomic E-state index is 13.6. The minimum absolute atomic E-state index is 0.0377. The lowest BCUT2D eigenvalue weighted by molar-refractivity contribution is -0.132. The highest BCUT2D eigenvalue weighted by Crippen LogP contribution is 2.44. The molecule has 1 unspecified atom stereocenters. The molecule has 6 nitrogen and oxygen atoms in total. The average molecular weight is 514 g/mol. The monoisotopic (exact) mass is 513 g/mol. The van der Waals surface area contributed by atoms with Crippen LogP contribution in [-0.2, 0) is 9.59 Å². The third-order valence-corrected chi connectivity index (χ3v) is 6.60. The number of methoxy groups -OCH3 is 1. The first-order valence-electron chi connectivity index (χ1n) is 12.9. The summed E-state index contributed by atoms with van der Waals surface area (Å²) in [6.07, 6.45) is -0.0511. The Morgan fingerprint density at radius 2 is 1.61 bits per heavy atom. The molecular weight excluding hydrogens is 478 g/mol. The van der Waals surface area contributed by atoms with Crippen molar-refractivity contribution in [1.82, 2.24) is 0 Å². The van der Waals surface area contributed by atoms with Crippen LogP contribution >= 0.6 is 0 Å². The number of Topliss-reactive ketones (excluding diaryl/α,β-unsaturated/α-hetero) is 1. The first kappa shape index (κ1) is 27.0. The average Bonchev–Trinajstić information content (AvgIpc) is 3.12. The van der Waals surface area contributed by atoms with Crippen molar-refractivity contribution in [3.63, 3.8) is 0 Å². The van der Waals surface area contributed by atoms with Crippen LogP contribution < -0.4 is 14.4 Å². The van der Waals surface area contributed by atoms with Gasteiger partial charge in [-0.05, 0) is 98.3 Å². The van der Waals surface area contributed by atoms with E-state index < -0.39 is 17.7 Å². The summed E-state index contributed by atoms with van der Waals surface area (Å²) < 4.78 is 11.4. The van der Waals surface area contributed by atoms with Crippen LogP contribution in [0.1, 0.15) is 67.5 Å². The summed E-state index contributed by atoms with van der Waals surface area (Å²) in [7, 11) is 1.60. The van der Waals surface area contributed by atoms with Crippen LogP contribution in [0.3, 0.4) is 0 Å². The van der Waals surface area contributed by atoms with Crippen molar-refractivity contribution < 1.29 is 24.2 Å². The number of nitrogens with zero attached hydrogens (tertiary/aromatic N) is 1. The minimum atomic E-state index is -0.837. The van der Waals surface area contributed by atoms with Crippen molar-refractivity contribution in [2.45, 2.75) is 59.6 Å². The van der Waals surface area contributed by atoms with Gasteiger partial charge in [-0.15, -0.1) is 0 Å². The number of aryl methyl sites for hydroxylation is 2. The van der Waals surface area contributed by atoms with Crippen LogP contribution in [-0.4, -0.2) is 30.0 Å². The van der Waals surface area contributed by atoms with Crippen LogP contribution in [0.15, 0.2) is 66.2 Å². The Morgan fingerprint density at radius 3 is 2.21 bits per heavy atom. The van der Waals surface area contributed by atoms with Crippen LogP contribution in [0, 0.1) is 13.8 Å². The van der Waals surface area contributed by atoms with E-state index in [1.165, 1.54) is 4.90 Å². The van der Waals surface area contributed by atoms with E-state index in [1.54, 1.807) is 19.2 Å². The molecule has 1 heterocycles. The Hall–Kier alpha value is -4.06. The van der Waals surface area contributed by atoms with Crippen molar-refractivity contribution in [2.24, 2.45) is 0 Å². The second-order valence-corrected chi connectivity index (χ2v) is 10.4. The van der Waals surface area contributed by atoms with Crippen LogP contribution in [0.25, 0.3) is 5.76 Å². The molecule has 4 rings (SSSR count). The molecule has 6 heteroatoms. The zero-order chi connectivity index (χ0) is 27.7. The highest BCUT2D eigenvalue weighted by atomic mass is 16.5. The van der Waals surface area contributed by atoms with Gasteiger partial charge < -0.3 is 14.6 Å². The fraction of sp³-hybridized carbons (Fsp3) is 0.312. The predicted octanol–water partition coefficient (Wildman–Crippen LogP) is 6.85.